The molecule has 4 fully saturated rings. The molecule has 5 unspecified atom stereocenters. The second-order valence-electron chi connectivity index (χ2n) is 5.12. The number of rotatable bonds is 2. The molecule has 4 rings (SSSR count). The van der Waals surface area contributed by atoms with Crippen LogP contribution in [0.1, 0.15) is 25.7 Å². The summed E-state index contributed by atoms with van der Waals surface area (Å²) in [5.41, 5.74) is 0. The number of ether oxygens (including phenoxy) is 1. The second-order valence-corrected chi connectivity index (χ2v) is 5.12. The van der Waals surface area contributed by atoms with Gasteiger partial charge in [0, 0.05) is 0 Å². The van der Waals surface area contributed by atoms with Crippen LogP contribution >= 0.6 is 0 Å². The van der Waals surface area contributed by atoms with Gasteiger partial charge in [-0.3, -0.25) is 4.79 Å². The molecule has 5 atom stereocenters. The normalized spacial score (nSPS) is 48.1. The van der Waals surface area contributed by atoms with E-state index in [1.54, 1.807) is 0 Å². The molecule has 76 valence electrons. The van der Waals surface area contributed by atoms with E-state index in [2.05, 4.69) is 6.58 Å². The van der Waals surface area contributed by atoms with Crippen molar-refractivity contribution in [2.45, 2.75) is 25.7 Å². The number of hydrogen-bond donors (Lipinski definition) is 0. The minimum atomic E-state index is -0.0159. The fourth-order valence-corrected chi connectivity index (χ4v) is 4.26. The van der Waals surface area contributed by atoms with Crippen molar-refractivity contribution < 1.29 is 9.53 Å². The average molecular weight is 192 g/mol. The summed E-state index contributed by atoms with van der Waals surface area (Å²) in [6.07, 6.45) is 6.47. The molecule has 0 aromatic rings. The standard InChI is InChI=1S/C12H16O2/c1-2-14-12(13)11-9-4-7-3-8(6-9)10(11)5-7/h2,7-11H,1,3-6H2. The van der Waals surface area contributed by atoms with Gasteiger partial charge in [0.15, 0.2) is 0 Å². The molecule has 4 bridgehead atoms. The van der Waals surface area contributed by atoms with E-state index < -0.39 is 0 Å². The monoisotopic (exact) mass is 192 g/mol. The summed E-state index contributed by atoms with van der Waals surface area (Å²) in [6, 6.07) is 0. The maximum absolute atomic E-state index is 11.7. The zero-order chi connectivity index (χ0) is 9.71. The molecule has 0 aromatic heterocycles. The third-order valence-electron chi connectivity index (χ3n) is 4.53. The minimum absolute atomic E-state index is 0.0159. The van der Waals surface area contributed by atoms with Gasteiger partial charge in [0.2, 0.25) is 0 Å². The number of carbonyl (C=O) groups is 1. The first-order valence-corrected chi connectivity index (χ1v) is 5.61. The first-order valence-electron chi connectivity index (χ1n) is 5.61. The lowest BCUT2D eigenvalue weighted by Gasteiger charge is -2.30. The molecule has 0 saturated heterocycles. The van der Waals surface area contributed by atoms with Gasteiger partial charge in [0.1, 0.15) is 0 Å². The summed E-state index contributed by atoms with van der Waals surface area (Å²) < 4.78 is 4.95. The molecule has 4 aliphatic carbocycles. The fraction of sp³-hybridized carbons (Fsp3) is 0.750. The molecular weight excluding hydrogens is 176 g/mol. The van der Waals surface area contributed by atoms with Crippen molar-refractivity contribution in [3.8, 4) is 0 Å². The lowest BCUT2D eigenvalue weighted by Crippen LogP contribution is -2.30. The van der Waals surface area contributed by atoms with Gasteiger partial charge in [0.25, 0.3) is 0 Å². The van der Waals surface area contributed by atoms with Gasteiger partial charge >= 0.3 is 5.97 Å². The van der Waals surface area contributed by atoms with Gasteiger partial charge < -0.3 is 4.74 Å². The molecule has 2 nitrogen and oxygen atoms in total. The van der Waals surface area contributed by atoms with Gasteiger partial charge in [0.05, 0.1) is 12.2 Å². The number of carbonyl (C=O) groups excluding carboxylic acids is 1. The Morgan fingerprint density at radius 2 is 2.00 bits per heavy atom. The molecule has 14 heavy (non-hydrogen) atoms. The van der Waals surface area contributed by atoms with Crippen molar-refractivity contribution >= 4 is 5.97 Å². The third-order valence-corrected chi connectivity index (χ3v) is 4.53. The van der Waals surface area contributed by atoms with Crippen LogP contribution in [0.25, 0.3) is 0 Å². The Morgan fingerprint density at radius 1 is 1.21 bits per heavy atom. The predicted octanol–water partition coefficient (Wildman–Crippen LogP) is 2.36. The maximum atomic E-state index is 11.7. The van der Waals surface area contributed by atoms with Crippen molar-refractivity contribution in [1.29, 1.82) is 0 Å². The van der Waals surface area contributed by atoms with E-state index in [1.165, 1.54) is 31.9 Å². The van der Waals surface area contributed by atoms with Crippen molar-refractivity contribution in [2.24, 2.45) is 29.6 Å². The van der Waals surface area contributed by atoms with E-state index >= 15 is 0 Å². The second kappa shape index (κ2) is 2.85. The summed E-state index contributed by atoms with van der Waals surface area (Å²) in [6.45, 7) is 3.45. The lowest BCUT2D eigenvalue weighted by atomic mass is 9.75. The first kappa shape index (κ1) is 8.51. The van der Waals surface area contributed by atoms with Crippen LogP contribution in [0, 0.1) is 29.6 Å². The van der Waals surface area contributed by atoms with E-state index in [-0.39, 0.29) is 11.9 Å². The fourth-order valence-electron chi connectivity index (χ4n) is 4.26. The molecular formula is C12H16O2. The van der Waals surface area contributed by atoms with Crippen LogP contribution in [-0.4, -0.2) is 5.97 Å². The topological polar surface area (TPSA) is 26.3 Å². The highest BCUT2D eigenvalue weighted by Gasteiger charge is 2.56. The molecule has 0 heterocycles. The zero-order valence-electron chi connectivity index (χ0n) is 8.32. The highest BCUT2D eigenvalue weighted by Crippen LogP contribution is 2.61. The van der Waals surface area contributed by atoms with Crippen LogP contribution in [0.2, 0.25) is 0 Å². The van der Waals surface area contributed by atoms with E-state index in [0.29, 0.717) is 11.8 Å². The Balaban J connectivity index is 1.82. The SMILES string of the molecule is C=COC(=O)C1C2CC3CC(C2)C1C3. The molecule has 0 amide bonds. The van der Waals surface area contributed by atoms with Crippen LogP contribution < -0.4 is 0 Å². The van der Waals surface area contributed by atoms with E-state index in [1.807, 2.05) is 0 Å². The highest BCUT2D eigenvalue weighted by atomic mass is 16.5. The van der Waals surface area contributed by atoms with Crippen LogP contribution in [0.5, 0.6) is 0 Å². The van der Waals surface area contributed by atoms with Gasteiger partial charge in [-0.25, -0.2) is 0 Å². The average Bonchev–Trinajstić information content (AvgIpc) is 2.55. The Labute approximate surface area is 84.3 Å². The van der Waals surface area contributed by atoms with Crippen molar-refractivity contribution in [3.63, 3.8) is 0 Å². The Morgan fingerprint density at radius 3 is 2.71 bits per heavy atom. The molecule has 4 aliphatic rings. The number of hydrogen-bond acceptors (Lipinski definition) is 2. The van der Waals surface area contributed by atoms with Gasteiger partial charge in [-0.2, -0.15) is 0 Å². The van der Waals surface area contributed by atoms with Crippen LogP contribution in [0.4, 0.5) is 0 Å². The lowest BCUT2D eigenvalue weighted by molar-refractivity contribution is -0.146. The Hall–Kier alpha value is -0.790. The molecule has 0 radical (unpaired) electrons. The Bertz CT molecular complexity index is 280. The zero-order valence-corrected chi connectivity index (χ0v) is 8.32. The minimum Gasteiger partial charge on any atom is -0.435 e. The summed E-state index contributed by atoms with van der Waals surface area (Å²) in [4.78, 5) is 11.7. The summed E-state index contributed by atoms with van der Waals surface area (Å²) in [7, 11) is 0. The molecule has 0 N–H and O–H groups in total. The van der Waals surface area contributed by atoms with Crippen molar-refractivity contribution in [1.82, 2.24) is 0 Å². The Kier molecular flexibility index (Phi) is 1.73. The van der Waals surface area contributed by atoms with Crippen molar-refractivity contribution in [2.75, 3.05) is 0 Å². The largest absolute Gasteiger partial charge is 0.435 e. The predicted molar refractivity (Wildman–Crippen MR) is 52.2 cm³/mol. The first-order chi connectivity index (χ1) is 6.79. The van der Waals surface area contributed by atoms with Gasteiger partial charge in [-0.05, 0) is 49.4 Å². The highest BCUT2D eigenvalue weighted by molar-refractivity contribution is 5.74. The van der Waals surface area contributed by atoms with Crippen LogP contribution in [-0.2, 0) is 9.53 Å². The summed E-state index contributed by atoms with van der Waals surface area (Å²) in [5.74, 6) is 3.23. The molecule has 2 heteroatoms. The van der Waals surface area contributed by atoms with Crippen LogP contribution in [0.3, 0.4) is 0 Å². The van der Waals surface area contributed by atoms with Crippen LogP contribution in [0.15, 0.2) is 12.8 Å². The summed E-state index contributed by atoms with van der Waals surface area (Å²) >= 11 is 0. The summed E-state index contributed by atoms with van der Waals surface area (Å²) in [5, 5.41) is 0. The quantitative estimate of drug-likeness (QED) is 0.496. The van der Waals surface area contributed by atoms with E-state index in [0.717, 1.165) is 11.8 Å². The molecule has 4 saturated carbocycles. The third kappa shape index (κ3) is 0.999. The molecule has 0 aromatic carbocycles. The van der Waals surface area contributed by atoms with Gasteiger partial charge in [-0.15, -0.1) is 0 Å². The van der Waals surface area contributed by atoms with E-state index in [9.17, 15) is 4.79 Å². The maximum Gasteiger partial charge on any atom is 0.314 e. The molecule has 0 spiro atoms. The number of esters is 1. The molecule has 0 aliphatic heterocycles. The van der Waals surface area contributed by atoms with E-state index in [4.69, 9.17) is 4.74 Å². The van der Waals surface area contributed by atoms with Gasteiger partial charge in [-0.1, -0.05) is 6.58 Å². The smallest absolute Gasteiger partial charge is 0.314 e. The van der Waals surface area contributed by atoms with Crippen molar-refractivity contribution in [3.05, 3.63) is 12.8 Å².